The zero-order valence-corrected chi connectivity index (χ0v) is 18.6. The first-order chi connectivity index (χ1) is 12.7. The van der Waals surface area contributed by atoms with Gasteiger partial charge in [-0.3, -0.25) is 9.48 Å². The maximum absolute atomic E-state index is 13.3. The Hall–Kier alpha value is -1.56. The van der Waals surface area contributed by atoms with Crippen molar-refractivity contribution in [3.05, 3.63) is 41.0 Å². The van der Waals surface area contributed by atoms with Crippen LogP contribution in [-0.4, -0.2) is 39.7 Å². The van der Waals surface area contributed by atoms with E-state index < -0.39 is 0 Å². The highest BCUT2D eigenvalue weighted by Crippen LogP contribution is 2.32. The second kappa shape index (κ2) is 8.85. The molecule has 0 spiro atoms. The lowest BCUT2D eigenvalue weighted by atomic mass is 9.90. The van der Waals surface area contributed by atoms with Crippen LogP contribution in [0.3, 0.4) is 0 Å². The van der Waals surface area contributed by atoms with E-state index in [4.69, 9.17) is 22.4 Å². The van der Waals surface area contributed by atoms with E-state index in [1.54, 1.807) is 0 Å². The molecular weight excluding hydrogens is 395 g/mol. The number of carbonyl (C=O) groups is 1. The number of nitrogens with two attached hydrogens (primary N) is 1. The number of hydrogen-bond donors (Lipinski definition) is 1. The molecule has 1 aromatic heterocycles. The van der Waals surface area contributed by atoms with Crippen molar-refractivity contribution < 1.29 is 4.79 Å². The average Bonchev–Trinajstić information content (AvgIpc) is 3.07. The summed E-state index contributed by atoms with van der Waals surface area (Å²) in [5, 5.41) is 5.33. The molecule has 28 heavy (non-hydrogen) atoms. The van der Waals surface area contributed by atoms with Crippen LogP contribution in [0.5, 0.6) is 0 Å². The Morgan fingerprint density at radius 1 is 1.25 bits per heavy atom. The van der Waals surface area contributed by atoms with Gasteiger partial charge in [0.2, 0.25) is 0 Å². The summed E-state index contributed by atoms with van der Waals surface area (Å²) in [6.45, 7) is 9.71. The average molecular weight is 425 g/mol. The largest absolute Gasteiger partial charge is 0.339 e. The number of carbonyl (C=O) groups excluding carboxylic acids is 1. The molecule has 3 rings (SSSR count). The van der Waals surface area contributed by atoms with Crippen molar-refractivity contribution in [3.63, 3.8) is 0 Å². The van der Waals surface area contributed by atoms with Crippen LogP contribution in [0.15, 0.2) is 30.5 Å². The maximum atomic E-state index is 13.3. The van der Waals surface area contributed by atoms with E-state index in [0.29, 0.717) is 22.2 Å². The van der Waals surface area contributed by atoms with Crippen molar-refractivity contribution >= 4 is 29.9 Å². The summed E-state index contributed by atoms with van der Waals surface area (Å²) in [5.41, 5.74) is 7.86. The first-order valence-corrected chi connectivity index (χ1v) is 9.96. The van der Waals surface area contributed by atoms with Crippen LogP contribution in [0, 0.1) is 5.92 Å². The Labute approximate surface area is 178 Å². The van der Waals surface area contributed by atoms with Gasteiger partial charge in [-0.15, -0.1) is 12.4 Å². The van der Waals surface area contributed by atoms with Gasteiger partial charge in [-0.1, -0.05) is 29.8 Å². The summed E-state index contributed by atoms with van der Waals surface area (Å²) in [4.78, 5) is 15.2. The monoisotopic (exact) mass is 424 g/mol. The van der Waals surface area contributed by atoms with Crippen LogP contribution >= 0.6 is 24.0 Å². The van der Waals surface area contributed by atoms with E-state index >= 15 is 0 Å². The number of rotatable bonds is 3. The van der Waals surface area contributed by atoms with Crippen LogP contribution < -0.4 is 5.73 Å². The van der Waals surface area contributed by atoms with Gasteiger partial charge in [0.1, 0.15) is 5.69 Å². The SMILES string of the molecule is CC(N)C1CCN(C(=O)c2cn(C(C)(C)C)nc2-c2ccccc2Cl)CC1.Cl. The van der Waals surface area contributed by atoms with Crippen molar-refractivity contribution in [2.75, 3.05) is 13.1 Å². The number of likely N-dealkylation sites (tertiary alicyclic amines) is 1. The van der Waals surface area contributed by atoms with Crippen molar-refractivity contribution in [2.24, 2.45) is 11.7 Å². The molecule has 0 aliphatic carbocycles. The van der Waals surface area contributed by atoms with E-state index in [-0.39, 0.29) is 29.9 Å². The van der Waals surface area contributed by atoms with E-state index in [1.807, 2.05) is 47.0 Å². The fraction of sp³-hybridized carbons (Fsp3) is 0.524. The quantitative estimate of drug-likeness (QED) is 0.783. The van der Waals surface area contributed by atoms with Crippen LogP contribution in [-0.2, 0) is 5.54 Å². The van der Waals surface area contributed by atoms with Gasteiger partial charge in [0, 0.05) is 30.9 Å². The molecule has 2 aromatic rings. The minimum Gasteiger partial charge on any atom is -0.339 e. The zero-order chi connectivity index (χ0) is 19.8. The highest BCUT2D eigenvalue weighted by molar-refractivity contribution is 6.33. The number of benzene rings is 1. The molecule has 5 nitrogen and oxygen atoms in total. The van der Waals surface area contributed by atoms with Gasteiger partial charge in [0.05, 0.1) is 16.1 Å². The summed E-state index contributed by atoms with van der Waals surface area (Å²) in [7, 11) is 0. The van der Waals surface area contributed by atoms with Crippen LogP contribution in [0.25, 0.3) is 11.3 Å². The fourth-order valence-electron chi connectivity index (χ4n) is 3.52. The number of hydrogen-bond acceptors (Lipinski definition) is 3. The molecule has 154 valence electrons. The Kier molecular flexibility index (Phi) is 7.18. The summed E-state index contributed by atoms with van der Waals surface area (Å²) in [5.74, 6) is 0.498. The van der Waals surface area contributed by atoms with E-state index in [0.717, 1.165) is 31.5 Å². The minimum atomic E-state index is -0.226. The molecule has 7 heteroatoms. The lowest BCUT2D eigenvalue weighted by molar-refractivity contribution is 0.0681. The van der Waals surface area contributed by atoms with Gasteiger partial charge in [-0.2, -0.15) is 5.10 Å². The highest BCUT2D eigenvalue weighted by Gasteiger charge is 2.30. The second-order valence-electron chi connectivity index (χ2n) is 8.48. The van der Waals surface area contributed by atoms with Crippen molar-refractivity contribution in [2.45, 2.75) is 52.1 Å². The van der Waals surface area contributed by atoms with Crippen molar-refractivity contribution in [1.29, 1.82) is 0 Å². The van der Waals surface area contributed by atoms with Gasteiger partial charge < -0.3 is 10.6 Å². The second-order valence-corrected chi connectivity index (χ2v) is 8.88. The molecule has 1 aromatic carbocycles. The number of piperidine rings is 1. The summed E-state index contributed by atoms with van der Waals surface area (Å²) in [6.07, 6.45) is 3.75. The molecule has 1 saturated heterocycles. The molecule has 1 unspecified atom stereocenters. The third-order valence-electron chi connectivity index (χ3n) is 5.33. The molecule has 1 atom stereocenters. The first-order valence-electron chi connectivity index (χ1n) is 9.58. The first kappa shape index (κ1) is 22.7. The molecule has 1 amide bonds. The third-order valence-corrected chi connectivity index (χ3v) is 5.66. The Balaban J connectivity index is 0.00000280. The predicted molar refractivity (Wildman–Crippen MR) is 117 cm³/mol. The molecule has 0 saturated carbocycles. The van der Waals surface area contributed by atoms with E-state index in [2.05, 4.69) is 20.8 Å². The smallest absolute Gasteiger partial charge is 0.257 e. The lowest BCUT2D eigenvalue weighted by Gasteiger charge is -2.33. The molecule has 0 radical (unpaired) electrons. The van der Waals surface area contributed by atoms with Crippen LogP contribution in [0.1, 0.15) is 50.9 Å². The van der Waals surface area contributed by atoms with Gasteiger partial charge in [0.25, 0.3) is 5.91 Å². The molecule has 1 aliphatic heterocycles. The zero-order valence-electron chi connectivity index (χ0n) is 17.0. The number of aromatic nitrogens is 2. The molecular formula is C21H30Cl2N4O. The standard InChI is InChI=1S/C21H29ClN4O.ClH/c1-14(23)15-9-11-25(12-10-15)20(27)17-13-26(21(2,3)4)24-19(17)16-7-5-6-8-18(16)22;/h5-8,13-15H,9-12,23H2,1-4H3;1H. The summed E-state index contributed by atoms with van der Waals surface area (Å²) < 4.78 is 1.85. The van der Waals surface area contributed by atoms with Gasteiger partial charge in [-0.05, 0) is 52.5 Å². The fourth-order valence-corrected chi connectivity index (χ4v) is 3.75. The Morgan fingerprint density at radius 3 is 2.39 bits per heavy atom. The molecule has 2 N–H and O–H groups in total. The Bertz CT molecular complexity index is 818. The molecule has 1 fully saturated rings. The minimum absolute atomic E-state index is 0. The Morgan fingerprint density at radius 2 is 1.86 bits per heavy atom. The van der Waals surface area contributed by atoms with Crippen molar-refractivity contribution in [1.82, 2.24) is 14.7 Å². The summed E-state index contributed by atoms with van der Waals surface area (Å²) >= 11 is 6.41. The van der Waals surface area contributed by atoms with E-state index in [9.17, 15) is 4.79 Å². The number of halogens is 2. The molecule has 1 aliphatic rings. The topological polar surface area (TPSA) is 64.2 Å². The summed E-state index contributed by atoms with van der Waals surface area (Å²) in [6, 6.07) is 7.71. The normalized spacial score (nSPS) is 16.6. The maximum Gasteiger partial charge on any atom is 0.257 e. The molecule has 2 heterocycles. The lowest BCUT2D eigenvalue weighted by Crippen LogP contribution is -2.42. The van der Waals surface area contributed by atoms with Crippen molar-refractivity contribution in [3.8, 4) is 11.3 Å². The van der Waals surface area contributed by atoms with Gasteiger partial charge >= 0.3 is 0 Å². The van der Waals surface area contributed by atoms with E-state index in [1.165, 1.54) is 0 Å². The van der Waals surface area contributed by atoms with Crippen LogP contribution in [0.4, 0.5) is 0 Å². The van der Waals surface area contributed by atoms with Gasteiger partial charge in [0.15, 0.2) is 0 Å². The number of amides is 1. The number of nitrogens with zero attached hydrogens (tertiary/aromatic N) is 3. The predicted octanol–water partition coefficient (Wildman–Crippen LogP) is 4.58. The highest BCUT2D eigenvalue weighted by atomic mass is 35.5. The van der Waals surface area contributed by atoms with Gasteiger partial charge in [-0.25, -0.2) is 0 Å². The van der Waals surface area contributed by atoms with Crippen LogP contribution in [0.2, 0.25) is 5.02 Å². The third kappa shape index (κ3) is 4.70. The molecule has 0 bridgehead atoms.